The molecule has 0 atom stereocenters. The van der Waals surface area contributed by atoms with Gasteiger partial charge in [0.1, 0.15) is 0 Å². The maximum Gasteiger partial charge on any atom is 0.314 e. The van der Waals surface area contributed by atoms with E-state index in [2.05, 4.69) is 17.3 Å². The third-order valence-corrected chi connectivity index (χ3v) is 7.66. The predicted molar refractivity (Wildman–Crippen MR) is 147 cm³/mol. The van der Waals surface area contributed by atoms with Crippen molar-refractivity contribution in [1.82, 2.24) is 10.1 Å². The monoisotopic (exact) mass is 508 g/mol. The molecule has 0 saturated heterocycles. The van der Waals surface area contributed by atoms with Gasteiger partial charge in [0.15, 0.2) is 5.76 Å². The zero-order chi connectivity index (χ0) is 26.7. The Bertz CT molecular complexity index is 1420. The Kier molecular flexibility index (Phi) is 7.14. The normalized spacial score (nSPS) is 13.7. The van der Waals surface area contributed by atoms with E-state index >= 15 is 0 Å². The van der Waals surface area contributed by atoms with Crippen LogP contribution in [0.25, 0.3) is 22.5 Å². The van der Waals surface area contributed by atoms with E-state index in [-0.39, 0.29) is 5.91 Å². The number of hydrogen-bond donors (Lipinski definition) is 1. The highest BCUT2D eigenvalue weighted by atomic mass is 16.5. The molecule has 194 valence electrons. The van der Waals surface area contributed by atoms with E-state index in [0.29, 0.717) is 38.0 Å². The summed E-state index contributed by atoms with van der Waals surface area (Å²) in [5.41, 5.74) is 6.12. The molecule has 1 fully saturated rings. The van der Waals surface area contributed by atoms with Gasteiger partial charge in [0, 0.05) is 31.1 Å². The van der Waals surface area contributed by atoms with Crippen LogP contribution in [-0.4, -0.2) is 40.6 Å². The Labute approximate surface area is 222 Å². The van der Waals surface area contributed by atoms with E-state index in [1.54, 1.807) is 4.90 Å². The molecule has 0 radical (unpaired) electrons. The average molecular weight is 509 g/mol. The standard InChI is InChI=1S/C32H32N2O4/c1-22-28(16-17-29(35)34(2)21-18-23-6-4-3-5-7-23)30(38-33-22)26-10-8-24(9-11-26)25-12-14-27(15-13-25)32(19-20-32)31(36)37/h3-15H,16-21H2,1-2H3,(H,36,37). The zero-order valence-electron chi connectivity index (χ0n) is 21.8. The molecule has 1 N–H and O–H groups in total. The highest BCUT2D eigenvalue weighted by Gasteiger charge is 2.51. The summed E-state index contributed by atoms with van der Waals surface area (Å²) in [5.74, 6) is 0.0525. The molecular formula is C32H32N2O4. The second kappa shape index (κ2) is 10.7. The molecule has 0 unspecified atom stereocenters. The summed E-state index contributed by atoms with van der Waals surface area (Å²) in [6.45, 7) is 2.59. The van der Waals surface area contributed by atoms with E-state index in [1.807, 2.05) is 80.7 Å². The van der Waals surface area contributed by atoms with E-state index in [1.165, 1.54) is 5.56 Å². The van der Waals surface area contributed by atoms with Crippen molar-refractivity contribution in [2.75, 3.05) is 13.6 Å². The van der Waals surface area contributed by atoms with Gasteiger partial charge in [0.05, 0.1) is 11.1 Å². The smallest absolute Gasteiger partial charge is 0.314 e. The second-order valence-electron chi connectivity index (χ2n) is 10.2. The minimum absolute atomic E-state index is 0.0992. The summed E-state index contributed by atoms with van der Waals surface area (Å²) in [6.07, 6.45) is 3.18. The maximum absolute atomic E-state index is 12.8. The minimum Gasteiger partial charge on any atom is -0.481 e. The summed E-state index contributed by atoms with van der Waals surface area (Å²) in [4.78, 5) is 26.2. The molecule has 38 heavy (non-hydrogen) atoms. The molecule has 0 aliphatic heterocycles. The summed E-state index contributed by atoms with van der Waals surface area (Å²) >= 11 is 0. The molecule has 6 nitrogen and oxygen atoms in total. The number of amides is 1. The van der Waals surface area contributed by atoms with Gasteiger partial charge in [-0.1, -0.05) is 84.0 Å². The lowest BCUT2D eigenvalue weighted by Crippen LogP contribution is -2.29. The molecule has 1 amide bonds. The van der Waals surface area contributed by atoms with Crippen molar-refractivity contribution in [2.24, 2.45) is 0 Å². The lowest BCUT2D eigenvalue weighted by atomic mass is 9.93. The van der Waals surface area contributed by atoms with Gasteiger partial charge >= 0.3 is 5.97 Å². The number of aliphatic carboxylic acids is 1. The van der Waals surface area contributed by atoms with E-state index in [0.717, 1.165) is 39.9 Å². The number of hydrogen-bond acceptors (Lipinski definition) is 4. The highest BCUT2D eigenvalue weighted by molar-refractivity contribution is 5.85. The molecule has 1 aliphatic rings. The van der Waals surface area contributed by atoms with Gasteiger partial charge in [-0.2, -0.15) is 0 Å². The van der Waals surface area contributed by atoms with E-state index in [9.17, 15) is 14.7 Å². The van der Waals surface area contributed by atoms with Gasteiger partial charge in [0.2, 0.25) is 5.91 Å². The Morgan fingerprint density at radius 2 is 1.50 bits per heavy atom. The second-order valence-corrected chi connectivity index (χ2v) is 10.2. The number of rotatable bonds is 10. The van der Waals surface area contributed by atoms with Crippen LogP contribution in [0.2, 0.25) is 0 Å². The van der Waals surface area contributed by atoms with Crippen LogP contribution in [0.15, 0.2) is 83.4 Å². The molecule has 3 aromatic carbocycles. The summed E-state index contributed by atoms with van der Waals surface area (Å²) < 4.78 is 5.68. The maximum atomic E-state index is 12.8. The lowest BCUT2D eigenvalue weighted by molar-refractivity contribution is -0.140. The molecular weight excluding hydrogens is 476 g/mol. The number of carbonyl (C=O) groups excluding carboxylic acids is 1. The number of nitrogens with zero attached hydrogens (tertiary/aromatic N) is 2. The van der Waals surface area contributed by atoms with Crippen molar-refractivity contribution in [3.05, 3.63) is 101 Å². The molecule has 4 aromatic rings. The average Bonchev–Trinajstić information content (AvgIpc) is 3.69. The van der Waals surface area contributed by atoms with E-state index < -0.39 is 11.4 Å². The topological polar surface area (TPSA) is 83.6 Å². The first-order chi connectivity index (χ1) is 18.4. The third-order valence-electron chi connectivity index (χ3n) is 7.66. The number of aryl methyl sites for hydroxylation is 1. The summed E-state index contributed by atoms with van der Waals surface area (Å²) in [5, 5.41) is 13.7. The van der Waals surface area contributed by atoms with Crippen LogP contribution in [0.5, 0.6) is 0 Å². The first-order valence-corrected chi connectivity index (χ1v) is 13.1. The van der Waals surface area contributed by atoms with Gasteiger partial charge in [-0.15, -0.1) is 0 Å². The van der Waals surface area contributed by atoms with Gasteiger partial charge in [-0.05, 0) is 54.9 Å². The molecule has 6 heteroatoms. The lowest BCUT2D eigenvalue weighted by Gasteiger charge is -2.17. The molecule has 1 saturated carbocycles. The fourth-order valence-electron chi connectivity index (χ4n) is 4.95. The first-order valence-electron chi connectivity index (χ1n) is 13.1. The minimum atomic E-state index is -0.742. The van der Waals surface area contributed by atoms with Gasteiger partial charge in [-0.25, -0.2) is 0 Å². The van der Waals surface area contributed by atoms with Crippen molar-refractivity contribution in [3.8, 4) is 22.5 Å². The quantitative estimate of drug-likeness (QED) is 0.281. The number of likely N-dealkylation sites (N-methyl/N-ethyl adjacent to an activating group) is 1. The van der Waals surface area contributed by atoms with E-state index in [4.69, 9.17) is 4.52 Å². The Morgan fingerprint density at radius 3 is 2.11 bits per heavy atom. The van der Waals surface area contributed by atoms with Crippen LogP contribution >= 0.6 is 0 Å². The van der Waals surface area contributed by atoms with Gasteiger partial charge < -0.3 is 14.5 Å². The number of carbonyl (C=O) groups is 2. The highest BCUT2D eigenvalue weighted by Crippen LogP contribution is 2.48. The molecule has 1 aromatic heterocycles. The molecule has 0 spiro atoms. The van der Waals surface area contributed by atoms with Crippen LogP contribution in [0.4, 0.5) is 0 Å². The van der Waals surface area contributed by atoms with Crippen molar-refractivity contribution in [3.63, 3.8) is 0 Å². The Hall–Kier alpha value is -4.19. The molecule has 0 bridgehead atoms. The Morgan fingerprint density at radius 1 is 0.895 bits per heavy atom. The van der Waals surface area contributed by atoms with Gasteiger partial charge in [0.25, 0.3) is 0 Å². The van der Waals surface area contributed by atoms with Crippen LogP contribution in [0.3, 0.4) is 0 Å². The Balaban J connectivity index is 1.23. The van der Waals surface area contributed by atoms with Crippen molar-refractivity contribution < 1.29 is 19.2 Å². The van der Waals surface area contributed by atoms with Crippen molar-refractivity contribution >= 4 is 11.9 Å². The zero-order valence-corrected chi connectivity index (χ0v) is 21.8. The van der Waals surface area contributed by atoms with Crippen LogP contribution < -0.4 is 0 Å². The van der Waals surface area contributed by atoms with Crippen LogP contribution in [-0.2, 0) is 27.8 Å². The third kappa shape index (κ3) is 5.25. The number of carboxylic acid groups (broad SMARTS) is 1. The summed E-state index contributed by atoms with van der Waals surface area (Å²) in [6, 6.07) is 26.1. The van der Waals surface area contributed by atoms with Gasteiger partial charge in [-0.3, -0.25) is 9.59 Å². The first kappa shape index (κ1) is 25.5. The predicted octanol–water partition coefficient (Wildman–Crippen LogP) is 6.07. The largest absolute Gasteiger partial charge is 0.481 e. The van der Waals surface area contributed by atoms with Crippen molar-refractivity contribution in [2.45, 2.75) is 44.4 Å². The van der Waals surface area contributed by atoms with Crippen molar-refractivity contribution in [1.29, 1.82) is 0 Å². The number of aromatic nitrogens is 1. The SMILES string of the molecule is Cc1noc(-c2ccc(-c3ccc(C4(C(=O)O)CC4)cc3)cc2)c1CCC(=O)N(C)CCc1ccccc1. The molecule has 1 aliphatic carbocycles. The number of benzene rings is 3. The van der Waals surface area contributed by atoms with Crippen LogP contribution in [0.1, 0.15) is 41.6 Å². The molecule has 1 heterocycles. The molecule has 5 rings (SSSR count). The number of carboxylic acids is 1. The fraction of sp³-hybridized carbons (Fsp3) is 0.281. The summed E-state index contributed by atoms with van der Waals surface area (Å²) in [7, 11) is 1.85. The fourth-order valence-corrected chi connectivity index (χ4v) is 4.95. The van der Waals surface area contributed by atoms with Crippen LogP contribution in [0, 0.1) is 6.92 Å².